The van der Waals surface area contributed by atoms with Gasteiger partial charge in [0.05, 0.1) is 15.6 Å². The smallest absolute Gasteiger partial charge is 0.328 e. The lowest BCUT2D eigenvalue weighted by atomic mass is 9.97. The van der Waals surface area contributed by atoms with Gasteiger partial charge in [-0.25, -0.2) is 9.78 Å². The van der Waals surface area contributed by atoms with Gasteiger partial charge in [0.1, 0.15) is 0 Å². The Kier molecular flexibility index (Phi) is 4.22. The lowest BCUT2D eigenvalue weighted by Crippen LogP contribution is -2.24. The number of nitrogens with zero attached hydrogens (tertiary/aromatic N) is 2. The SMILES string of the molecule is C/C(=C\C(=O)O)c1sc(C)nc1-c1ccc2c(c1)CCCN2C. The number of carboxylic acids is 1. The Morgan fingerprint density at radius 3 is 2.96 bits per heavy atom. The maximum absolute atomic E-state index is 11.0. The first-order valence-electron chi connectivity index (χ1n) is 7.69. The van der Waals surface area contributed by atoms with Crippen LogP contribution in [0.4, 0.5) is 5.69 Å². The van der Waals surface area contributed by atoms with Crippen molar-refractivity contribution in [1.29, 1.82) is 0 Å². The monoisotopic (exact) mass is 328 g/mol. The molecule has 2 heterocycles. The molecule has 0 saturated carbocycles. The summed E-state index contributed by atoms with van der Waals surface area (Å²) in [6.07, 6.45) is 3.49. The second kappa shape index (κ2) is 6.16. The quantitative estimate of drug-likeness (QED) is 0.866. The van der Waals surface area contributed by atoms with Crippen molar-refractivity contribution in [2.75, 3.05) is 18.5 Å². The summed E-state index contributed by atoms with van der Waals surface area (Å²) < 4.78 is 0. The number of hydrogen-bond acceptors (Lipinski definition) is 4. The molecule has 0 aliphatic carbocycles. The van der Waals surface area contributed by atoms with E-state index >= 15 is 0 Å². The van der Waals surface area contributed by atoms with Gasteiger partial charge in [-0.15, -0.1) is 11.3 Å². The van der Waals surface area contributed by atoms with Gasteiger partial charge in [-0.1, -0.05) is 6.07 Å². The zero-order valence-corrected chi connectivity index (χ0v) is 14.4. The van der Waals surface area contributed by atoms with Crippen LogP contribution in [0.5, 0.6) is 0 Å². The third-order valence-corrected chi connectivity index (χ3v) is 5.24. The number of anilines is 1. The number of rotatable bonds is 3. The summed E-state index contributed by atoms with van der Waals surface area (Å²) in [6, 6.07) is 6.45. The van der Waals surface area contributed by atoms with Crippen molar-refractivity contribution in [1.82, 2.24) is 4.98 Å². The van der Waals surface area contributed by atoms with Gasteiger partial charge in [0, 0.05) is 30.9 Å². The molecule has 0 unspecified atom stereocenters. The molecule has 5 heteroatoms. The van der Waals surface area contributed by atoms with Gasteiger partial charge in [0.25, 0.3) is 0 Å². The molecule has 0 radical (unpaired) electrons. The molecule has 0 saturated heterocycles. The first-order valence-corrected chi connectivity index (χ1v) is 8.51. The number of aliphatic carboxylic acids is 1. The van der Waals surface area contributed by atoms with Crippen LogP contribution in [0.2, 0.25) is 0 Å². The van der Waals surface area contributed by atoms with E-state index in [4.69, 9.17) is 5.11 Å². The Bertz CT molecular complexity index is 792. The maximum Gasteiger partial charge on any atom is 0.328 e. The zero-order chi connectivity index (χ0) is 16.6. The molecule has 1 aliphatic rings. The van der Waals surface area contributed by atoms with E-state index in [0.29, 0.717) is 0 Å². The van der Waals surface area contributed by atoms with Crippen LogP contribution in [0, 0.1) is 6.92 Å². The number of carbonyl (C=O) groups is 1. The molecule has 4 nitrogen and oxygen atoms in total. The number of allylic oxidation sites excluding steroid dienone is 1. The van der Waals surface area contributed by atoms with Crippen LogP contribution < -0.4 is 4.90 Å². The van der Waals surface area contributed by atoms with Crippen LogP contribution in [-0.4, -0.2) is 29.7 Å². The number of aromatic nitrogens is 1. The van der Waals surface area contributed by atoms with Crippen molar-refractivity contribution in [3.8, 4) is 11.3 Å². The predicted molar refractivity (Wildman–Crippen MR) is 95.2 cm³/mol. The van der Waals surface area contributed by atoms with Crippen molar-refractivity contribution < 1.29 is 9.90 Å². The van der Waals surface area contributed by atoms with Gasteiger partial charge in [0.2, 0.25) is 0 Å². The van der Waals surface area contributed by atoms with E-state index in [1.54, 1.807) is 11.3 Å². The highest BCUT2D eigenvalue weighted by Gasteiger charge is 2.18. The van der Waals surface area contributed by atoms with Crippen LogP contribution >= 0.6 is 11.3 Å². The number of thiazole rings is 1. The third kappa shape index (κ3) is 3.15. The standard InChI is InChI=1S/C18H20N2O2S/c1-11(9-16(21)22)18-17(19-12(2)23-18)14-6-7-15-13(10-14)5-4-8-20(15)3/h6-7,9-10H,4-5,8H2,1-3H3,(H,21,22)/b11-9+. The van der Waals surface area contributed by atoms with Crippen molar-refractivity contribution >= 4 is 28.6 Å². The molecule has 23 heavy (non-hydrogen) atoms. The molecule has 3 rings (SSSR count). The van der Waals surface area contributed by atoms with E-state index in [9.17, 15) is 4.79 Å². The summed E-state index contributed by atoms with van der Waals surface area (Å²) in [5.41, 5.74) is 5.32. The molecule has 0 atom stereocenters. The van der Waals surface area contributed by atoms with Crippen molar-refractivity contribution in [2.24, 2.45) is 0 Å². The molecular formula is C18H20N2O2S. The van der Waals surface area contributed by atoms with Gasteiger partial charge < -0.3 is 10.0 Å². The predicted octanol–water partition coefficient (Wildman–Crippen LogP) is 3.99. The third-order valence-electron chi connectivity index (χ3n) is 4.14. The number of fused-ring (bicyclic) bond motifs is 1. The highest BCUT2D eigenvalue weighted by Crippen LogP contribution is 2.36. The van der Waals surface area contributed by atoms with Crippen LogP contribution in [0.25, 0.3) is 16.8 Å². The summed E-state index contributed by atoms with van der Waals surface area (Å²) in [7, 11) is 2.12. The number of carboxylic acid groups (broad SMARTS) is 1. The normalized spacial score (nSPS) is 14.7. The Hall–Kier alpha value is -2.14. The van der Waals surface area contributed by atoms with Crippen molar-refractivity contribution in [2.45, 2.75) is 26.7 Å². The number of aryl methyl sites for hydroxylation is 2. The topological polar surface area (TPSA) is 53.4 Å². The van der Waals surface area contributed by atoms with Crippen LogP contribution in [0.3, 0.4) is 0 Å². The molecule has 120 valence electrons. The second-order valence-corrected chi connectivity index (χ2v) is 7.15. The molecule has 1 aliphatic heterocycles. The fourth-order valence-electron chi connectivity index (χ4n) is 3.07. The van der Waals surface area contributed by atoms with Gasteiger partial charge in [-0.3, -0.25) is 0 Å². The minimum absolute atomic E-state index is 0.743. The van der Waals surface area contributed by atoms with E-state index in [2.05, 4.69) is 35.1 Å². The minimum Gasteiger partial charge on any atom is -0.478 e. The first-order chi connectivity index (χ1) is 11.0. The minimum atomic E-state index is -0.924. The molecular weight excluding hydrogens is 308 g/mol. The summed E-state index contributed by atoms with van der Waals surface area (Å²) >= 11 is 1.54. The molecule has 0 amide bonds. The average molecular weight is 328 g/mol. The van der Waals surface area contributed by atoms with E-state index in [1.807, 2.05) is 13.8 Å². The average Bonchev–Trinajstić information content (AvgIpc) is 2.88. The number of benzene rings is 1. The van der Waals surface area contributed by atoms with E-state index < -0.39 is 5.97 Å². The highest BCUT2D eigenvalue weighted by molar-refractivity contribution is 7.13. The van der Waals surface area contributed by atoms with Gasteiger partial charge in [0.15, 0.2) is 0 Å². The summed E-state index contributed by atoms with van der Waals surface area (Å²) in [6.45, 7) is 4.88. The Morgan fingerprint density at radius 1 is 1.43 bits per heavy atom. The largest absolute Gasteiger partial charge is 0.478 e. The molecule has 1 aromatic carbocycles. The van der Waals surface area contributed by atoms with E-state index in [0.717, 1.165) is 46.1 Å². The lowest BCUT2D eigenvalue weighted by Gasteiger charge is -2.27. The first kappa shape index (κ1) is 15.7. The summed E-state index contributed by atoms with van der Waals surface area (Å²) in [4.78, 5) is 18.8. The van der Waals surface area contributed by atoms with Gasteiger partial charge in [-0.2, -0.15) is 0 Å². The lowest BCUT2D eigenvalue weighted by molar-refractivity contribution is -0.131. The molecule has 2 aromatic rings. The molecule has 0 spiro atoms. The molecule has 1 N–H and O–H groups in total. The fraction of sp³-hybridized carbons (Fsp3) is 0.333. The van der Waals surface area contributed by atoms with Crippen molar-refractivity contribution in [3.05, 3.63) is 39.7 Å². The zero-order valence-electron chi connectivity index (χ0n) is 13.6. The van der Waals surface area contributed by atoms with Crippen LogP contribution in [0.15, 0.2) is 24.3 Å². The van der Waals surface area contributed by atoms with Crippen LogP contribution in [0.1, 0.15) is 28.8 Å². The Balaban J connectivity index is 2.08. The maximum atomic E-state index is 11.0. The molecule has 0 bridgehead atoms. The second-order valence-electron chi connectivity index (χ2n) is 5.94. The van der Waals surface area contributed by atoms with Crippen LogP contribution in [-0.2, 0) is 11.2 Å². The highest BCUT2D eigenvalue weighted by atomic mass is 32.1. The number of hydrogen-bond donors (Lipinski definition) is 1. The summed E-state index contributed by atoms with van der Waals surface area (Å²) in [5.74, 6) is -0.924. The fourth-order valence-corrected chi connectivity index (χ4v) is 3.99. The molecule has 1 aromatic heterocycles. The summed E-state index contributed by atoms with van der Waals surface area (Å²) in [5, 5.41) is 9.95. The van der Waals surface area contributed by atoms with Gasteiger partial charge >= 0.3 is 5.97 Å². The van der Waals surface area contributed by atoms with E-state index in [1.165, 1.54) is 17.3 Å². The van der Waals surface area contributed by atoms with E-state index in [-0.39, 0.29) is 0 Å². The van der Waals surface area contributed by atoms with Crippen molar-refractivity contribution in [3.63, 3.8) is 0 Å². The Labute approximate surface area is 140 Å². The molecule has 0 fully saturated rings. The van der Waals surface area contributed by atoms with Gasteiger partial charge in [-0.05, 0) is 50.0 Å². The Morgan fingerprint density at radius 2 is 2.22 bits per heavy atom.